The predicted octanol–water partition coefficient (Wildman–Crippen LogP) is 2.14. The highest BCUT2D eigenvalue weighted by molar-refractivity contribution is 7.97. The largest absolute Gasteiger partial charge is 0.278 e. The lowest BCUT2D eigenvalue weighted by molar-refractivity contribution is 1.15. The van der Waals surface area contributed by atoms with Gasteiger partial charge in [0.25, 0.3) is 0 Å². The van der Waals surface area contributed by atoms with Gasteiger partial charge in [-0.05, 0) is 18.9 Å². The van der Waals surface area contributed by atoms with Crippen LogP contribution in [0, 0.1) is 6.92 Å². The number of nitrogens with two attached hydrogens (primary N) is 1. The maximum Gasteiger partial charge on any atom is 0.0117 e. The molecule has 0 bridgehead atoms. The number of aryl methyl sites for hydroxylation is 2. The van der Waals surface area contributed by atoms with Gasteiger partial charge in [-0.3, -0.25) is 5.14 Å². The van der Waals surface area contributed by atoms with Crippen LogP contribution in [-0.4, -0.2) is 5.75 Å². The lowest BCUT2D eigenvalue weighted by Crippen LogP contribution is -1.91. The molecule has 11 heavy (non-hydrogen) atoms. The van der Waals surface area contributed by atoms with Crippen LogP contribution in [0.3, 0.4) is 0 Å². The molecule has 1 nitrogen and oxygen atoms in total. The van der Waals surface area contributed by atoms with E-state index in [1.807, 2.05) is 0 Å². The van der Waals surface area contributed by atoms with Crippen LogP contribution in [0.15, 0.2) is 24.3 Å². The molecule has 0 atom stereocenters. The summed E-state index contributed by atoms with van der Waals surface area (Å²) in [4.78, 5) is 0. The first-order valence-corrected chi connectivity index (χ1v) is 4.75. The molecule has 1 rings (SSSR count). The van der Waals surface area contributed by atoms with Crippen molar-refractivity contribution in [1.29, 1.82) is 0 Å². The van der Waals surface area contributed by atoms with Gasteiger partial charge in [0.2, 0.25) is 0 Å². The second-order valence-electron chi connectivity index (χ2n) is 2.61. The van der Waals surface area contributed by atoms with Crippen LogP contribution in [-0.2, 0) is 6.42 Å². The first-order chi connectivity index (χ1) is 5.33. The second kappa shape index (κ2) is 4.42. The van der Waals surface area contributed by atoms with Crippen LogP contribution in [0.25, 0.3) is 0 Å². The monoisotopic (exact) mass is 167 g/mol. The molecule has 1 aromatic carbocycles. The highest BCUT2D eigenvalue weighted by Gasteiger charge is 1.90. The smallest absolute Gasteiger partial charge is 0.0117 e. The molecule has 0 amide bonds. The molecule has 2 N–H and O–H groups in total. The van der Waals surface area contributed by atoms with Crippen LogP contribution in [0.2, 0.25) is 0 Å². The minimum atomic E-state index is 1.00. The lowest BCUT2D eigenvalue weighted by Gasteiger charge is -1.98. The van der Waals surface area contributed by atoms with E-state index >= 15 is 0 Å². The summed E-state index contributed by atoms with van der Waals surface area (Å²) < 4.78 is 0. The second-order valence-corrected chi connectivity index (χ2v) is 3.35. The van der Waals surface area contributed by atoms with Gasteiger partial charge in [0.05, 0.1) is 0 Å². The lowest BCUT2D eigenvalue weighted by atomic mass is 10.1. The van der Waals surface area contributed by atoms with E-state index in [9.17, 15) is 0 Å². The molecule has 0 aliphatic heterocycles. The number of hydrogen-bond acceptors (Lipinski definition) is 2. The number of benzene rings is 1. The van der Waals surface area contributed by atoms with E-state index in [0.717, 1.165) is 12.2 Å². The maximum absolute atomic E-state index is 5.32. The minimum Gasteiger partial charge on any atom is -0.278 e. The zero-order chi connectivity index (χ0) is 8.10. The SMILES string of the molecule is Cc1ccc(CCSN)cc1. The van der Waals surface area contributed by atoms with Gasteiger partial charge in [0, 0.05) is 5.75 Å². The van der Waals surface area contributed by atoms with E-state index in [1.165, 1.54) is 23.1 Å². The van der Waals surface area contributed by atoms with Gasteiger partial charge < -0.3 is 0 Å². The Bertz CT molecular complexity index is 205. The van der Waals surface area contributed by atoms with Gasteiger partial charge in [0.15, 0.2) is 0 Å². The maximum atomic E-state index is 5.32. The Morgan fingerprint density at radius 1 is 1.27 bits per heavy atom. The van der Waals surface area contributed by atoms with Crippen LogP contribution >= 0.6 is 11.9 Å². The topological polar surface area (TPSA) is 26.0 Å². The van der Waals surface area contributed by atoms with Crippen LogP contribution in [0.4, 0.5) is 0 Å². The van der Waals surface area contributed by atoms with E-state index in [4.69, 9.17) is 5.14 Å². The molecule has 0 unspecified atom stereocenters. The molecular weight excluding hydrogens is 154 g/mol. The summed E-state index contributed by atoms with van der Waals surface area (Å²) in [7, 11) is 0. The molecule has 0 saturated carbocycles. The molecule has 0 radical (unpaired) electrons. The molecule has 1 aromatic rings. The van der Waals surface area contributed by atoms with Gasteiger partial charge in [-0.2, -0.15) is 0 Å². The Kier molecular flexibility index (Phi) is 3.46. The van der Waals surface area contributed by atoms with Crippen molar-refractivity contribution in [3.63, 3.8) is 0 Å². The fraction of sp³-hybridized carbons (Fsp3) is 0.333. The summed E-state index contributed by atoms with van der Waals surface area (Å²) in [6.45, 7) is 2.10. The molecule has 0 aliphatic rings. The molecule has 2 heteroatoms. The van der Waals surface area contributed by atoms with E-state index in [2.05, 4.69) is 31.2 Å². The summed E-state index contributed by atoms with van der Waals surface area (Å²) in [6, 6.07) is 8.59. The summed E-state index contributed by atoms with van der Waals surface area (Å²) in [5, 5.41) is 5.32. The zero-order valence-electron chi connectivity index (χ0n) is 6.71. The van der Waals surface area contributed by atoms with E-state index < -0.39 is 0 Å². The molecular formula is C9H13NS. The van der Waals surface area contributed by atoms with Crippen molar-refractivity contribution >= 4 is 11.9 Å². The fourth-order valence-electron chi connectivity index (χ4n) is 0.932. The molecule has 0 heterocycles. The normalized spacial score (nSPS) is 10.0. The minimum absolute atomic E-state index is 1.00. The summed E-state index contributed by atoms with van der Waals surface area (Å²) in [6.07, 6.45) is 1.07. The fourth-order valence-corrected chi connectivity index (χ4v) is 1.29. The Hall–Kier alpha value is -0.470. The Labute approximate surface area is 72.1 Å². The third-order valence-corrected chi connectivity index (χ3v) is 2.07. The van der Waals surface area contributed by atoms with Gasteiger partial charge >= 0.3 is 0 Å². The van der Waals surface area contributed by atoms with Gasteiger partial charge in [-0.1, -0.05) is 41.8 Å². The Morgan fingerprint density at radius 3 is 2.45 bits per heavy atom. The third-order valence-electron chi connectivity index (χ3n) is 1.63. The first-order valence-electron chi connectivity index (χ1n) is 3.70. The number of hydrogen-bond donors (Lipinski definition) is 1. The number of rotatable bonds is 3. The molecule has 60 valence electrons. The average molecular weight is 167 g/mol. The molecule has 0 spiro atoms. The van der Waals surface area contributed by atoms with Gasteiger partial charge in [0.1, 0.15) is 0 Å². The van der Waals surface area contributed by atoms with Gasteiger partial charge in [-0.25, -0.2) is 0 Å². The third kappa shape index (κ3) is 2.95. The zero-order valence-corrected chi connectivity index (χ0v) is 7.53. The standard InChI is InChI=1S/C9H13NS/c1-8-2-4-9(5-3-8)6-7-11-10/h2-5H,6-7,10H2,1H3. The van der Waals surface area contributed by atoms with E-state index in [-0.39, 0.29) is 0 Å². The van der Waals surface area contributed by atoms with Crippen LogP contribution in [0.1, 0.15) is 11.1 Å². The summed E-state index contributed by atoms with van der Waals surface area (Å²) in [5.41, 5.74) is 2.68. The van der Waals surface area contributed by atoms with E-state index in [1.54, 1.807) is 0 Å². The van der Waals surface area contributed by atoms with Crippen LogP contribution < -0.4 is 5.14 Å². The van der Waals surface area contributed by atoms with E-state index in [0.29, 0.717) is 0 Å². The highest BCUT2D eigenvalue weighted by Crippen LogP contribution is 2.05. The van der Waals surface area contributed by atoms with Crippen molar-refractivity contribution in [1.82, 2.24) is 0 Å². The summed E-state index contributed by atoms with van der Waals surface area (Å²) in [5.74, 6) is 1.00. The average Bonchev–Trinajstić information content (AvgIpc) is 2.04. The highest BCUT2D eigenvalue weighted by atomic mass is 32.2. The molecule has 0 fully saturated rings. The predicted molar refractivity (Wildman–Crippen MR) is 51.5 cm³/mol. The van der Waals surface area contributed by atoms with Crippen molar-refractivity contribution in [3.8, 4) is 0 Å². The quantitative estimate of drug-likeness (QED) is 0.698. The molecule has 0 aliphatic carbocycles. The molecule has 0 aromatic heterocycles. The van der Waals surface area contributed by atoms with Crippen molar-refractivity contribution in [3.05, 3.63) is 35.4 Å². The van der Waals surface area contributed by atoms with Crippen LogP contribution in [0.5, 0.6) is 0 Å². The van der Waals surface area contributed by atoms with Crippen molar-refractivity contribution in [2.45, 2.75) is 13.3 Å². The Balaban J connectivity index is 2.52. The van der Waals surface area contributed by atoms with Crippen molar-refractivity contribution in [2.75, 3.05) is 5.75 Å². The summed E-state index contributed by atoms with van der Waals surface area (Å²) >= 11 is 1.40. The first kappa shape index (κ1) is 8.62. The Morgan fingerprint density at radius 2 is 1.91 bits per heavy atom. The van der Waals surface area contributed by atoms with Gasteiger partial charge in [-0.15, -0.1) is 0 Å². The molecule has 0 saturated heterocycles. The van der Waals surface area contributed by atoms with Crippen molar-refractivity contribution < 1.29 is 0 Å². The van der Waals surface area contributed by atoms with Crippen molar-refractivity contribution in [2.24, 2.45) is 5.14 Å².